The number of hydrogen-bond donors (Lipinski definition) is 1. The van der Waals surface area contributed by atoms with Crippen LogP contribution in [-0.4, -0.2) is 29.9 Å². The van der Waals surface area contributed by atoms with Gasteiger partial charge in [0, 0.05) is 17.3 Å². The lowest BCUT2D eigenvalue weighted by Gasteiger charge is -2.12. The van der Waals surface area contributed by atoms with E-state index in [1.165, 1.54) is 14.2 Å². The number of amides is 1. The molecule has 0 bridgehead atoms. The van der Waals surface area contributed by atoms with Crippen molar-refractivity contribution in [3.63, 3.8) is 0 Å². The summed E-state index contributed by atoms with van der Waals surface area (Å²) in [5.74, 6) is 0.457. The van der Waals surface area contributed by atoms with E-state index in [1.54, 1.807) is 18.2 Å². The SMILES string of the molecule is COc1ccc(NC(=O)Cn2nc(C(F)(F)F)c3c2CCC3)c(OC)c1. The van der Waals surface area contributed by atoms with Crippen LogP contribution in [0.5, 0.6) is 11.5 Å². The minimum absolute atomic E-state index is 0.201. The molecule has 140 valence electrons. The zero-order valence-corrected chi connectivity index (χ0v) is 14.3. The van der Waals surface area contributed by atoms with Gasteiger partial charge in [0.15, 0.2) is 5.69 Å². The quantitative estimate of drug-likeness (QED) is 0.880. The Bertz CT molecular complexity index is 831. The fraction of sp³-hybridized carbons (Fsp3) is 0.412. The van der Waals surface area contributed by atoms with Crippen LogP contribution in [0.15, 0.2) is 18.2 Å². The van der Waals surface area contributed by atoms with Crippen molar-refractivity contribution in [2.24, 2.45) is 0 Å². The standard InChI is InChI=1S/C17H18F3N3O3/c1-25-10-6-7-12(14(8-10)26-2)21-15(24)9-23-13-5-3-4-11(13)16(22-23)17(18,19)20/h6-8H,3-5,9H2,1-2H3,(H,21,24). The van der Waals surface area contributed by atoms with E-state index in [0.29, 0.717) is 42.1 Å². The monoisotopic (exact) mass is 369 g/mol. The highest BCUT2D eigenvalue weighted by atomic mass is 19.4. The fourth-order valence-electron chi connectivity index (χ4n) is 3.10. The second kappa shape index (κ2) is 6.89. The molecule has 0 saturated heterocycles. The molecule has 1 aromatic carbocycles. The highest BCUT2D eigenvalue weighted by Crippen LogP contribution is 2.36. The molecule has 0 radical (unpaired) electrons. The van der Waals surface area contributed by atoms with Gasteiger partial charge in [0.05, 0.1) is 19.9 Å². The fourth-order valence-corrected chi connectivity index (χ4v) is 3.10. The first-order valence-corrected chi connectivity index (χ1v) is 8.01. The summed E-state index contributed by atoms with van der Waals surface area (Å²) in [5, 5.41) is 6.27. The molecule has 1 aliphatic carbocycles. The summed E-state index contributed by atoms with van der Waals surface area (Å²) in [4.78, 5) is 12.3. The molecule has 1 N–H and O–H groups in total. The normalized spacial score (nSPS) is 13.4. The van der Waals surface area contributed by atoms with Gasteiger partial charge >= 0.3 is 6.18 Å². The highest BCUT2D eigenvalue weighted by molar-refractivity contribution is 5.92. The molecule has 0 aliphatic heterocycles. The van der Waals surface area contributed by atoms with Gasteiger partial charge in [-0.05, 0) is 31.4 Å². The first-order chi connectivity index (χ1) is 12.3. The number of anilines is 1. The van der Waals surface area contributed by atoms with E-state index < -0.39 is 17.8 Å². The molecular weight excluding hydrogens is 351 g/mol. The average Bonchev–Trinajstić information content (AvgIpc) is 3.18. The van der Waals surface area contributed by atoms with E-state index in [0.717, 1.165) is 4.68 Å². The molecule has 0 atom stereocenters. The van der Waals surface area contributed by atoms with Gasteiger partial charge in [-0.3, -0.25) is 9.48 Å². The van der Waals surface area contributed by atoms with Crippen molar-refractivity contribution < 1.29 is 27.4 Å². The first kappa shape index (κ1) is 18.1. The number of nitrogens with zero attached hydrogens (tertiary/aromatic N) is 2. The Morgan fingerprint density at radius 1 is 1.27 bits per heavy atom. The van der Waals surface area contributed by atoms with Gasteiger partial charge in [0.2, 0.25) is 5.91 Å². The van der Waals surface area contributed by atoms with E-state index in [4.69, 9.17) is 9.47 Å². The van der Waals surface area contributed by atoms with E-state index in [2.05, 4.69) is 10.4 Å². The van der Waals surface area contributed by atoms with Gasteiger partial charge in [-0.2, -0.15) is 18.3 Å². The van der Waals surface area contributed by atoms with Crippen molar-refractivity contribution in [2.75, 3.05) is 19.5 Å². The molecule has 26 heavy (non-hydrogen) atoms. The Morgan fingerprint density at radius 3 is 2.69 bits per heavy atom. The number of carbonyl (C=O) groups excluding carboxylic acids is 1. The van der Waals surface area contributed by atoms with E-state index >= 15 is 0 Å². The second-order valence-electron chi connectivity index (χ2n) is 5.90. The second-order valence-corrected chi connectivity index (χ2v) is 5.90. The van der Waals surface area contributed by atoms with Crippen molar-refractivity contribution in [1.82, 2.24) is 9.78 Å². The number of fused-ring (bicyclic) bond motifs is 1. The van der Waals surface area contributed by atoms with Gasteiger partial charge < -0.3 is 14.8 Å². The Balaban J connectivity index is 1.80. The topological polar surface area (TPSA) is 65.4 Å². The molecule has 0 saturated carbocycles. The molecule has 6 nitrogen and oxygen atoms in total. The van der Waals surface area contributed by atoms with E-state index in [9.17, 15) is 18.0 Å². The van der Waals surface area contributed by atoms with Crippen LogP contribution in [0.3, 0.4) is 0 Å². The summed E-state index contributed by atoms with van der Waals surface area (Å²) in [6.45, 7) is -0.298. The summed E-state index contributed by atoms with van der Waals surface area (Å²) in [6.07, 6.45) is -3.07. The molecule has 1 amide bonds. The number of methoxy groups -OCH3 is 2. The minimum Gasteiger partial charge on any atom is -0.497 e. The van der Waals surface area contributed by atoms with Crippen LogP contribution in [0.1, 0.15) is 23.4 Å². The van der Waals surface area contributed by atoms with Crippen molar-refractivity contribution in [3.8, 4) is 11.5 Å². The van der Waals surface area contributed by atoms with Gasteiger partial charge in [0.25, 0.3) is 0 Å². The molecule has 1 aliphatic rings. The highest BCUT2D eigenvalue weighted by Gasteiger charge is 2.40. The zero-order chi connectivity index (χ0) is 18.9. The summed E-state index contributed by atoms with van der Waals surface area (Å²) in [7, 11) is 2.95. The lowest BCUT2D eigenvalue weighted by atomic mass is 10.2. The molecule has 0 spiro atoms. The number of hydrogen-bond acceptors (Lipinski definition) is 4. The van der Waals surface area contributed by atoms with Gasteiger partial charge in [-0.1, -0.05) is 0 Å². The van der Waals surface area contributed by atoms with Crippen LogP contribution < -0.4 is 14.8 Å². The average molecular weight is 369 g/mol. The summed E-state index contributed by atoms with van der Waals surface area (Å²) in [6, 6.07) is 4.85. The van der Waals surface area contributed by atoms with Crippen molar-refractivity contribution >= 4 is 11.6 Å². The number of ether oxygens (including phenoxy) is 2. The maximum absolute atomic E-state index is 13.1. The summed E-state index contributed by atoms with van der Waals surface area (Å²) in [5.41, 5.74) is 0.194. The van der Waals surface area contributed by atoms with Crippen LogP contribution in [-0.2, 0) is 30.4 Å². The Labute approximate surface area is 147 Å². The molecule has 2 aromatic rings. The van der Waals surface area contributed by atoms with Crippen LogP contribution >= 0.6 is 0 Å². The van der Waals surface area contributed by atoms with Crippen molar-refractivity contribution in [1.29, 1.82) is 0 Å². The number of rotatable bonds is 5. The third-order valence-corrected chi connectivity index (χ3v) is 4.25. The smallest absolute Gasteiger partial charge is 0.435 e. The van der Waals surface area contributed by atoms with Crippen molar-refractivity contribution in [2.45, 2.75) is 32.0 Å². The molecular formula is C17H18F3N3O3. The number of alkyl halides is 3. The summed E-state index contributed by atoms with van der Waals surface area (Å²) < 4.78 is 50.7. The Kier molecular flexibility index (Phi) is 4.80. The van der Waals surface area contributed by atoms with Crippen molar-refractivity contribution in [3.05, 3.63) is 35.2 Å². The Morgan fingerprint density at radius 2 is 2.04 bits per heavy atom. The summed E-state index contributed by atoms with van der Waals surface area (Å²) >= 11 is 0. The predicted octanol–water partition coefficient (Wildman–Crippen LogP) is 3.05. The third kappa shape index (κ3) is 3.47. The molecule has 9 heteroatoms. The Hall–Kier alpha value is -2.71. The zero-order valence-electron chi connectivity index (χ0n) is 14.3. The third-order valence-electron chi connectivity index (χ3n) is 4.25. The molecule has 0 unspecified atom stereocenters. The predicted molar refractivity (Wildman–Crippen MR) is 87.4 cm³/mol. The van der Waals surface area contributed by atoms with Crippen LogP contribution in [0.2, 0.25) is 0 Å². The van der Waals surface area contributed by atoms with Crippen LogP contribution in [0, 0.1) is 0 Å². The number of carbonyl (C=O) groups is 1. The number of halogens is 3. The van der Waals surface area contributed by atoms with Crippen LogP contribution in [0.25, 0.3) is 0 Å². The molecule has 1 heterocycles. The largest absolute Gasteiger partial charge is 0.497 e. The van der Waals surface area contributed by atoms with Gasteiger partial charge in [-0.15, -0.1) is 0 Å². The van der Waals surface area contributed by atoms with Gasteiger partial charge in [0.1, 0.15) is 18.0 Å². The lowest BCUT2D eigenvalue weighted by molar-refractivity contribution is -0.142. The molecule has 0 fully saturated rings. The molecule has 3 rings (SSSR count). The maximum Gasteiger partial charge on any atom is 0.435 e. The van der Waals surface area contributed by atoms with Crippen LogP contribution in [0.4, 0.5) is 18.9 Å². The van der Waals surface area contributed by atoms with E-state index in [1.807, 2.05) is 0 Å². The lowest BCUT2D eigenvalue weighted by Crippen LogP contribution is -2.21. The first-order valence-electron chi connectivity index (χ1n) is 8.01. The minimum atomic E-state index is -4.52. The van der Waals surface area contributed by atoms with E-state index in [-0.39, 0.29) is 12.1 Å². The number of nitrogens with one attached hydrogen (secondary N) is 1. The molecule has 1 aromatic heterocycles. The maximum atomic E-state index is 13.1. The number of aromatic nitrogens is 2. The van der Waals surface area contributed by atoms with Gasteiger partial charge in [-0.25, -0.2) is 0 Å². The number of benzene rings is 1.